The van der Waals surface area contributed by atoms with E-state index in [9.17, 15) is 4.79 Å². The molecule has 2 rings (SSSR count). The third-order valence-corrected chi connectivity index (χ3v) is 4.06. The fraction of sp³-hybridized carbons (Fsp3) is 0.667. The summed E-state index contributed by atoms with van der Waals surface area (Å²) in [4.78, 5) is 11.6. The van der Waals surface area contributed by atoms with E-state index in [-0.39, 0.29) is 5.97 Å². The molecule has 5 heteroatoms. The molecule has 0 bridgehead atoms. The molecule has 0 aliphatic carbocycles. The minimum Gasteiger partial charge on any atom is -0.464 e. The number of hydrogen-bond donors (Lipinski definition) is 1. The zero-order valence-electron chi connectivity index (χ0n) is 12.5. The van der Waals surface area contributed by atoms with Crippen LogP contribution >= 0.6 is 0 Å². The van der Waals surface area contributed by atoms with Crippen molar-refractivity contribution < 1.29 is 14.3 Å². The van der Waals surface area contributed by atoms with Crippen LogP contribution in [0.15, 0.2) is 12.3 Å². The lowest BCUT2D eigenvalue weighted by Crippen LogP contribution is -2.36. The molecule has 0 unspecified atom stereocenters. The molecule has 5 nitrogen and oxygen atoms in total. The fourth-order valence-corrected chi connectivity index (χ4v) is 2.70. The van der Waals surface area contributed by atoms with E-state index in [1.165, 1.54) is 7.11 Å². The molecule has 1 atom stereocenters. The summed E-state index contributed by atoms with van der Waals surface area (Å²) < 4.78 is 12.0. The van der Waals surface area contributed by atoms with Gasteiger partial charge in [0.25, 0.3) is 0 Å². The Morgan fingerprint density at radius 1 is 1.55 bits per heavy atom. The van der Waals surface area contributed by atoms with Gasteiger partial charge in [0, 0.05) is 39.0 Å². The number of nitrogens with zero attached hydrogens (tertiary/aromatic N) is 1. The Kier molecular flexibility index (Phi) is 5.20. The van der Waals surface area contributed by atoms with E-state index >= 15 is 0 Å². The first-order chi connectivity index (χ1) is 9.61. The predicted octanol–water partition coefficient (Wildman–Crippen LogP) is 1.72. The van der Waals surface area contributed by atoms with E-state index in [4.69, 9.17) is 9.47 Å². The first-order valence-corrected chi connectivity index (χ1v) is 7.16. The highest BCUT2D eigenvalue weighted by atomic mass is 16.5. The van der Waals surface area contributed by atoms with Crippen LogP contribution in [0.1, 0.15) is 35.8 Å². The van der Waals surface area contributed by atoms with Gasteiger partial charge in [-0.15, -0.1) is 0 Å². The van der Waals surface area contributed by atoms with Crippen LogP contribution in [0.3, 0.4) is 0 Å². The maximum absolute atomic E-state index is 11.6. The molecule has 0 spiro atoms. The smallest absolute Gasteiger partial charge is 0.354 e. The second-order valence-corrected chi connectivity index (χ2v) is 5.46. The number of esters is 1. The van der Waals surface area contributed by atoms with Crippen molar-refractivity contribution in [2.45, 2.75) is 32.4 Å². The van der Waals surface area contributed by atoms with E-state index in [0.29, 0.717) is 17.7 Å². The minimum atomic E-state index is -0.295. The number of ether oxygens (including phenoxy) is 2. The Balaban J connectivity index is 1.88. The quantitative estimate of drug-likeness (QED) is 0.834. The van der Waals surface area contributed by atoms with Gasteiger partial charge in [-0.2, -0.15) is 0 Å². The zero-order chi connectivity index (χ0) is 14.5. The van der Waals surface area contributed by atoms with Crippen LogP contribution in [0.2, 0.25) is 0 Å². The molecule has 112 valence electrons. The van der Waals surface area contributed by atoms with Gasteiger partial charge in [0.2, 0.25) is 0 Å². The molecule has 1 aromatic heterocycles. The molecule has 1 saturated heterocycles. The summed E-state index contributed by atoms with van der Waals surface area (Å²) >= 11 is 0. The van der Waals surface area contributed by atoms with E-state index in [2.05, 4.69) is 12.2 Å². The van der Waals surface area contributed by atoms with Crippen LogP contribution in [0, 0.1) is 5.92 Å². The van der Waals surface area contributed by atoms with Gasteiger partial charge in [-0.05, 0) is 37.3 Å². The Morgan fingerprint density at radius 3 is 2.90 bits per heavy atom. The lowest BCUT2D eigenvalue weighted by atomic mass is 9.93. The third kappa shape index (κ3) is 3.61. The molecule has 20 heavy (non-hydrogen) atoms. The van der Waals surface area contributed by atoms with E-state index in [1.807, 2.05) is 23.9 Å². The highest BCUT2D eigenvalue weighted by Gasteiger charge is 2.20. The zero-order valence-corrected chi connectivity index (χ0v) is 12.5. The molecule has 1 aromatic rings. The molecular formula is C15H24N2O3. The molecule has 0 saturated carbocycles. The van der Waals surface area contributed by atoms with Crippen molar-refractivity contribution in [3.63, 3.8) is 0 Å². The van der Waals surface area contributed by atoms with Crippen molar-refractivity contribution in [2.24, 2.45) is 13.0 Å². The van der Waals surface area contributed by atoms with E-state index < -0.39 is 0 Å². The van der Waals surface area contributed by atoms with Gasteiger partial charge < -0.3 is 19.4 Å². The number of aromatic nitrogens is 1. The molecule has 1 aliphatic heterocycles. The first kappa shape index (κ1) is 15.1. The summed E-state index contributed by atoms with van der Waals surface area (Å²) in [5.41, 5.74) is 1.69. The summed E-state index contributed by atoms with van der Waals surface area (Å²) in [5.74, 6) is 0.378. The standard InChI is InChI=1S/C15H24N2O3/c1-11(13-4-6-20-7-5-13)16-9-12-8-14(15(18)19-3)17(2)10-12/h8,10-11,13,16H,4-7,9H2,1-3H3/t11-/m1/s1. The summed E-state index contributed by atoms with van der Waals surface area (Å²) in [7, 11) is 3.26. The molecule has 2 heterocycles. The number of aryl methyl sites for hydroxylation is 1. The lowest BCUT2D eigenvalue weighted by Gasteiger charge is -2.28. The van der Waals surface area contributed by atoms with Crippen molar-refractivity contribution in [1.82, 2.24) is 9.88 Å². The first-order valence-electron chi connectivity index (χ1n) is 7.16. The average Bonchev–Trinajstić information content (AvgIpc) is 2.86. The monoisotopic (exact) mass is 280 g/mol. The summed E-state index contributed by atoms with van der Waals surface area (Å²) in [6.45, 7) is 4.73. The highest BCUT2D eigenvalue weighted by molar-refractivity contribution is 5.87. The van der Waals surface area contributed by atoms with E-state index in [1.54, 1.807) is 0 Å². The van der Waals surface area contributed by atoms with Gasteiger partial charge in [-0.1, -0.05) is 0 Å². The van der Waals surface area contributed by atoms with Crippen LogP contribution in [0.5, 0.6) is 0 Å². The molecule has 0 aromatic carbocycles. The third-order valence-electron chi connectivity index (χ3n) is 4.06. The van der Waals surface area contributed by atoms with Gasteiger partial charge in [-0.3, -0.25) is 0 Å². The van der Waals surface area contributed by atoms with Crippen molar-refractivity contribution in [3.05, 3.63) is 23.5 Å². The van der Waals surface area contributed by atoms with E-state index in [0.717, 1.165) is 38.2 Å². The highest BCUT2D eigenvalue weighted by Crippen LogP contribution is 2.19. The van der Waals surface area contributed by atoms with Crippen LogP contribution < -0.4 is 5.32 Å². The normalized spacial score (nSPS) is 17.9. The van der Waals surface area contributed by atoms with Gasteiger partial charge in [0.15, 0.2) is 0 Å². The number of nitrogens with one attached hydrogen (secondary N) is 1. The Bertz CT molecular complexity index is 450. The SMILES string of the molecule is COC(=O)c1cc(CN[C@H](C)C2CCOCC2)cn1C. The second kappa shape index (κ2) is 6.90. The topological polar surface area (TPSA) is 52.5 Å². The van der Waals surface area contributed by atoms with Gasteiger partial charge in [0.1, 0.15) is 5.69 Å². The van der Waals surface area contributed by atoms with Crippen LogP contribution in [-0.4, -0.2) is 36.9 Å². The number of hydrogen-bond acceptors (Lipinski definition) is 4. The van der Waals surface area contributed by atoms with Crippen molar-refractivity contribution in [1.29, 1.82) is 0 Å². The summed E-state index contributed by atoms with van der Waals surface area (Å²) in [5, 5.41) is 3.55. The van der Waals surface area contributed by atoms with Crippen LogP contribution in [0.4, 0.5) is 0 Å². The average molecular weight is 280 g/mol. The predicted molar refractivity (Wildman–Crippen MR) is 76.6 cm³/mol. The fourth-order valence-electron chi connectivity index (χ4n) is 2.70. The lowest BCUT2D eigenvalue weighted by molar-refractivity contribution is 0.0557. The number of methoxy groups -OCH3 is 1. The largest absolute Gasteiger partial charge is 0.464 e. The van der Waals surface area contributed by atoms with Crippen LogP contribution in [-0.2, 0) is 23.1 Å². The molecule has 0 amide bonds. The number of carbonyl (C=O) groups excluding carboxylic acids is 1. The van der Waals surface area contributed by atoms with Crippen molar-refractivity contribution in [3.8, 4) is 0 Å². The minimum absolute atomic E-state index is 0.295. The number of carbonyl (C=O) groups is 1. The van der Waals surface area contributed by atoms with Gasteiger partial charge >= 0.3 is 5.97 Å². The van der Waals surface area contributed by atoms with Gasteiger partial charge in [0.05, 0.1) is 7.11 Å². The molecule has 1 N–H and O–H groups in total. The summed E-state index contributed by atoms with van der Waals surface area (Å²) in [6, 6.07) is 2.34. The maximum Gasteiger partial charge on any atom is 0.354 e. The number of rotatable bonds is 5. The molecule has 1 fully saturated rings. The van der Waals surface area contributed by atoms with Gasteiger partial charge in [-0.25, -0.2) is 4.79 Å². The van der Waals surface area contributed by atoms with Crippen molar-refractivity contribution in [2.75, 3.05) is 20.3 Å². The molecule has 0 radical (unpaired) electrons. The molecular weight excluding hydrogens is 256 g/mol. The molecule has 1 aliphatic rings. The van der Waals surface area contributed by atoms with Crippen molar-refractivity contribution >= 4 is 5.97 Å². The Labute approximate surface area is 120 Å². The Hall–Kier alpha value is -1.33. The van der Waals surface area contributed by atoms with Crippen LogP contribution in [0.25, 0.3) is 0 Å². The Morgan fingerprint density at radius 2 is 2.25 bits per heavy atom. The maximum atomic E-state index is 11.6. The summed E-state index contributed by atoms with van der Waals surface area (Å²) in [6.07, 6.45) is 4.21. The second-order valence-electron chi connectivity index (χ2n) is 5.46.